The van der Waals surface area contributed by atoms with Crippen LogP contribution >= 0.6 is 0 Å². The monoisotopic (exact) mass is 460 g/mol. The van der Waals surface area contributed by atoms with Gasteiger partial charge >= 0.3 is 6.03 Å². The molecule has 34 heavy (non-hydrogen) atoms. The Bertz CT molecular complexity index is 1120. The molecule has 0 spiro atoms. The molecule has 0 saturated heterocycles. The van der Waals surface area contributed by atoms with E-state index in [1.54, 1.807) is 7.05 Å². The third-order valence-electron chi connectivity index (χ3n) is 6.46. The Kier molecular flexibility index (Phi) is 6.46. The van der Waals surface area contributed by atoms with Gasteiger partial charge in [0.2, 0.25) is 5.91 Å². The molecule has 2 heterocycles. The zero-order valence-corrected chi connectivity index (χ0v) is 20.2. The van der Waals surface area contributed by atoms with E-state index in [1.807, 2.05) is 54.6 Å². The SMILES string of the molecule is CN1C(=O)N[C@H](c2ccc(C(C)(C)C)cc2)C2=C1CN(CC(=O)NCCc1ccccc1)C2=O. The zero-order valence-electron chi connectivity index (χ0n) is 20.2. The highest BCUT2D eigenvalue weighted by molar-refractivity contribution is 6.02. The minimum atomic E-state index is -0.536. The van der Waals surface area contributed by atoms with Crippen LogP contribution < -0.4 is 10.6 Å². The quantitative estimate of drug-likeness (QED) is 0.695. The molecule has 7 heteroatoms. The lowest BCUT2D eigenvalue weighted by molar-refractivity contribution is -0.131. The highest BCUT2D eigenvalue weighted by Crippen LogP contribution is 2.36. The molecule has 1 atom stereocenters. The van der Waals surface area contributed by atoms with Gasteiger partial charge in [-0.2, -0.15) is 0 Å². The van der Waals surface area contributed by atoms with Crippen molar-refractivity contribution < 1.29 is 14.4 Å². The van der Waals surface area contributed by atoms with E-state index in [-0.39, 0.29) is 36.3 Å². The number of benzene rings is 2. The number of nitrogens with zero attached hydrogens (tertiary/aromatic N) is 2. The fourth-order valence-electron chi connectivity index (χ4n) is 4.40. The summed E-state index contributed by atoms with van der Waals surface area (Å²) in [6.45, 7) is 7.12. The summed E-state index contributed by atoms with van der Waals surface area (Å²) in [5.41, 5.74) is 4.36. The summed E-state index contributed by atoms with van der Waals surface area (Å²) in [5.74, 6) is -0.429. The molecule has 178 valence electrons. The summed E-state index contributed by atoms with van der Waals surface area (Å²) in [6.07, 6.45) is 0.725. The molecular weight excluding hydrogens is 428 g/mol. The lowest BCUT2D eigenvalue weighted by Gasteiger charge is -2.31. The number of carbonyl (C=O) groups is 3. The number of hydrogen-bond acceptors (Lipinski definition) is 3. The van der Waals surface area contributed by atoms with Gasteiger partial charge in [-0.25, -0.2) is 4.79 Å². The molecule has 2 aliphatic heterocycles. The van der Waals surface area contributed by atoms with Gasteiger partial charge in [0, 0.05) is 13.6 Å². The van der Waals surface area contributed by atoms with E-state index in [0.717, 1.165) is 17.5 Å². The van der Waals surface area contributed by atoms with Crippen molar-refractivity contribution in [3.63, 3.8) is 0 Å². The fraction of sp³-hybridized carbons (Fsp3) is 0.370. The highest BCUT2D eigenvalue weighted by atomic mass is 16.2. The largest absolute Gasteiger partial charge is 0.354 e. The number of rotatable bonds is 6. The lowest BCUT2D eigenvalue weighted by Crippen LogP contribution is -2.45. The molecule has 0 unspecified atom stereocenters. The van der Waals surface area contributed by atoms with Crippen molar-refractivity contribution in [1.82, 2.24) is 20.4 Å². The first-order valence-electron chi connectivity index (χ1n) is 11.6. The van der Waals surface area contributed by atoms with Crippen LogP contribution in [-0.4, -0.2) is 54.3 Å². The zero-order chi connectivity index (χ0) is 24.5. The maximum atomic E-state index is 13.3. The third kappa shape index (κ3) is 4.83. The van der Waals surface area contributed by atoms with E-state index in [1.165, 1.54) is 15.4 Å². The van der Waals surface area contributed by atoms with Crippen molar-refractivity contribution in [2.75, 3.05) is 26.7 Å². The Hall–Kier alpha value is -3.61. The van der Waals surface area contributed by atoms with Crippen LogP contribution in [0.3, 0.4) is 0 Å². The minimum absolute atomic E-state index is 0.00678. The molecule has 0 radical (unpaired) electrons. The van der Waals surface area contributed by atoms with Crippen molar-refractivity contribution >= 4 is 17.8 Å². The molecule has 2 aromatic rings. The fourth-order valence-corrected chi connectivity index (χ4v) is 4.40. The Balaban J connectivity index is 1.45. The van der Waals surface area contributed by atoms with Gasteiger partial charge in [0.15, 0.2) is 0 Å². The lowest BCUT2D eigenvalue weighted by atomic mass is 9.85. The van der Waals surface area contributed by atoms with Gasteiger partial charge in [-0.05, 0) is 28.5 Å². The van der Waals surface area contributed by atoms with Crippen molar-refractivity contribution in [1.29, 1.82) is 0 Å². The van der Waals surface area contributed by atoms with Gasteiger partial charge < -0.3 is 15.5 Å². The topological polar surface area (TPSA) is 81.8 Å². The standard InChI is InChI=1S/C27H32N4O3/c1-27(2,3)20-12-10-19(11-13-20)24-23-21(30(4)26(34)29-24)16-31(25(23)33)17-22(32)28-15-14-18-8-6-5-7-9-18/h5-13,24H,14-17H2,1-4H3,(H,28,32)(H,29,34)/t24-/m1/s1. The summed E-state index contributed by atoms with van der Waals surface area (Å²) in [6, 6.07) is 17.1. The molecule has 2 aromatic carbocycles. The van der Waals surface area contributed by atoms with Gasteiger partial charge in [0.1, 0.15) is 6.54 Å². The van der Waals surface area contributed by atoms with Crippen molar-refractivity contribution in [3.8, 4) is 0 Å². The Morgan fingerprint density at radius 2 is 1.74 bits per heavy atom. The van der Waals surface area contributed by atoms with Crippen LogP contribution in [0.25, 0.3) is 0 Å². The average molecular weight is 461 g/mol. The van der Waals surface area contributed by atoms with E-state index in [2.05, 4.69) is 31.4 Å². The number of hydrogen-bond donors (Lipinski definition) is 2. The Morgan fingerprint density at radius 3 is 2.38 bits per heavy atom. The van der Waals surface area contributed by atoms with Crippen molar-refractivity contribution in [2.45, 2.75) is 38.6 Å². The number of nitrogens with one attached hydrogen (secondary N) is 2. The maximum Gasteiger partial charge on any atom is 0.322 e. The number of amides is 4. The van der Waals surface area contributed by atoms with Crippen molar-refractivity contribution in [3.05, 3.63) is 82.6 Å². The third-order valence-corrected chi connectivity index (χ3v) is 6.46. The number of carbonyl (C=O) groups excluding carboxylic acids is 3. The summed E-state index contributed by atoms with van der Waals surface area (Å²) < 4.78 is 0. The first-order chi connectivity index (χ1) is 16.1. The summed E-state index contributed by atoms with van der Waals surface area (Å²) >= 11 is 0. The van der Waals surface area contributed by atoms with Crippen LogP contribution in [0.15, 0.2) is 65.9 Å². The Labute approximate surface area is 200 Å². The van der Waals surface area contributed by atoms with Crippen LogP contribution in [0.5, 0.6) is 0 Å². The van der Waals surface area contributed by atoms with Gasteiger partial charge in [-0.3, -0.25) is 14.5 Å². The predicted molar refractivity (Wildman–Crippen MR) is 131 cm³/mol. The minimum Gasteiger partial charge on any atom is -0.354 e. The van der Waals surface area contributed by atoms with Gasteiger partial charge in [-0.1, -0.05) is 75.4 Å². The first kappa shape index (κ1) is 23.5. The molecule has 0 saturated carbocycles. The van der Waals surface area contributed by atoms with Gasteiger partial charge in [0.25, 0.3) is 5.91 Å². The molecule has 0 fully saturated rings. The smallest absolute Gasteiger partial charge is 0.322 e. The molecule has 2 aliphatic rings. The van der Waals surface area contributed by atoms with Gasteiger partial charge in [0.05, 0.1) is 23.9 Å². The van der Waals surface area contributed by atoms with Gasteiger partial charge in [-0.15, -0.1) is 0 Å². The molecule has 4 amide bonds. The van der Waals surface area contributed by atoms with E-state index in [9.17, 15) is 14.4 Å². The van der Waals surface area contributed by atoms with Crippen LogP contribution in [0.4, 0.5) is 4.79 Å². The van der Waals surface area contributed by atoms with Crippen LogP contribution in [-0.2, 0) is 21.4 Å². The van der Waals surface area contributed by atoms with E-state index >= 15 is 0 Å². The normalized spacial score (nSPS) is 18.2. The van der Waals surface area contributed by atoms with E-state index < -0.39 is 6.04 Å². The second kappa shape index (κ2) is 9.33. The number of urea groups is 1. The summed E-state index contributed by atoms with van der Waals surface area (Å²) in [7, 11) is 1.65. The average Bonchev–Trinajstić information content (AvgIpc) is 3.12. The van der Waals surface area contributed by atoms with E-state index in [4.69, 9.17) is 0 Å². The van der Waals surface area contributed by atoms with Crippen LogP contribution in [0.1, 0.15) is 43.5 Å². The molecule has 0 bridgehead atoms. The molecule has 2 N–H and O–H groups in total. The number of likely N-dealkylation sites (N-methyl/N-ethyl adjacent to an activating group) is 1. The molecular formula is C27H32N4O3. The summed E-state index contributed by atoms with van der Waals surface area (Å²) in [4.78, 5) is 41.5. The first-order valence-corrected chi connectivity index (χ1v) is 11.6. The second-order valence-corrected chi connectivity index (χ2v) is 9.92. The maximum absolute atomic E-state index is 13.3. The van der Waals surface area contributed by atoms with Crippen LogP contribution in [0, 0.1) is 0 Å². The molecule has 7 nitrogen and oxygen atoms in total. The molecule has 0 aromatic heterocycles. The summed E-state index contributed by atoms with van der Waals surface area (Å²) in [5, 5.41) is 5.85. The molecule has 4 rings (SSSR count). The van der Waals surface area contributed by atoms with Crippen molar-refractivity contribution in [2.24, 2.45) is 0 Å². The van der Waals surface area contributed by atoms with Crippen LogP contribution in [0.2, 0.25) is 0 Å². The Morgan fingerprint density at radius 1 is 1.06 bits per heavy atom. The van der Waals surface area contributed by atoms with E-state index in [0.29, 0.717) is 17.8 Å². The molecule has 0 aliphatic carbocycles. The second-order valence-electron chi connectivity index (χ2n) is 9.92. The highest BCUT2D eigenvalue weighted by Gasteiger charge is 2.43. The predicted octanol–water partition coefficient (Wildman–Crippen LogP) is 3.14.